The number of benzene rings is 2. The van der Waals surface area contributed by atoms with Gasteiger partial charge in [0, 0.05) is 10.0 Å². The Labute approximate surface area is 130 Å². The lowest BCUT2D eigenvalue weighted by Gasteiger charge is -2.15. The zero-order valence-corrected chi connectivity index (χ0v) is 13.0. The van der Waals surface area contributed by atoms with Crippen LogP contribution in [0, 0.1) is 0 Å². The molecule has 0 saturated heterocycles. The summed E-state index contributed by atoms with van der Waals surface area (Å²) in [5.41, 5.74) is 1.40. The van der Waals surface area contributed by atoms with Crippen LogP contribution in [0.1, 0.15) is 21.3 Å². The van der Waals surface area contributed by atoms with Gasteiger partial charge in [-0.1, -0.05) is 58.4 Å². The summed E-state index contributed by atoms with van der Waals surface area (Å²) in [6, 6.07) is 16.4. The van der Waals surface area contributed by atoms with Crippen molar-refractivity contribution in [3.63, 3.8) is 0 Å². The molecule has 19 heavy (non-hydrogen) atoms. The van der Waals surface area contributed by atoms with Gasteiger partial charge in [0.1, 0.15) is 5.38 Å². The third-order valence-electron chi connectivity index (χ3n) is 2.75. The number of carbonyl (C=O) groups is 1. The van der Waals surface area contributed by atoms with E-state index in [-0.39, 0.29) is 5.78 Å². The van der Waals surface area contributed by atoms with Crippen molar-refractivity contribution < 1.29 is 4.79 Å². The molecule has 98 valence electrons. The lowest BCUT2D eigenvalue weighted by atomic mass is 10.0. The highest BCUT2D eigenvalue weighted by molar-refractivity contribution is 9.10. The van der Waals surface area contributed by atoms with Crippen LogP contribution in [0.4, 0.5) is 0 Å². The van der Waals surface area contributed by atoms with Crippen LogP contribution in [-0.4, -0.2) is 11.2 Å². The van der Waals surface area contributed by atoms with Crippen LogP contribution in [0.15, 0.2) is 59.1 Å². The van der Waals surface area contributed by atoms with Crippen LogP contribution in [0.25, 0.3) is 0 Å². The molecule has 0 N–H and O–H groups in total. The minimum Gasteiger partial charge on any atom is -0.292 e. The first-order chi connectivity index (χ1) is 9.09. The van der Waals surface area contributed by atoms with E-state index in [1.165, 1.54) is 0 Å². The van der Waals surface area contributed by atoms with E-state index in [1.54, 1.807) is 24.3 Å². The number of alkyl halides is 2. The minimum atomic E-state index is -0.787. The molecule has 0 bridgehead atoms. The Balaban J connectivity index is 2.17. The highest BCUT2D eigenvalue weighted by Gasteiger charge is 2.26. The Kier molecular flexibility index (Phi) is 5.03. The fraction of sp³-hybridized carbons (Fsp3) is 0.133. The second kappa shape index (κ2) is 6.56. The molecule has 4 heteroatoms. The first-order valence-corrected chi connectivity index (χ1v) is 7.39. The molecular formula is C15H11BrCl2O. The fourth-order valence-electron chi connectivity index (χ4n) is 1.71. The molecule has 0 amide bonds. The Morgan fingerprint density at radius 3 is 2.11 bits per heavy atom. The summed E-state index contributed by atoms with van der Waals surface area (Å²) in [5, 5.41) is -1.34. The Hall–Kier alpha value is -0.830. The van der Waals surface area contributed by atoms with Crippen molar-refractivity contribution in [1.82, 2.24) is 0 Å². The predicted molar refractivity (Wildman–Crippen MR) is 83.1 cm³/mol. The highest BCUT2D eigenvalue weighted by Crippen LogP contribution is 2.31. The quantitative estimate of drug-likeness (QED) is 0.541. The van der Waals surface area contributed by atoms with Gasteiger partial charge in [-0.25, -0.2) is 0 Å². The van der Waals surface area contributed by atoms with Gasteiger partial charge in [0.05, 0.1) is 5.38 Å². The van der Waals surface area contributed by atoms with Crippen molar-refractivity contribution in [2.75, 3.05) is 0 Å². The summed E-state index contributed by atoms with van der Waals surface area (Å²) in [4.78, 5) is 12.2. The minimum absolute atomic E-state index is 0.162. The van der Waals surface area contributed by atoms with Crippen LogP contribution in [0.5, 0.6) is 0 Å². The van der Waals surface area contributed by atoms with Gasteiger partial charge in [0.15, 0.2) is 5.78 Å². The maximum atomic E-state index is 12.2. The smallest absolute Gasteiger partial charge is 0.182 e. The van der Waals surface area contributed by atoms with Crippen LogP contribution in [-0.2, 0) is 0 Å². The molecule has 2 aromatic rings. The molecule has 0 radical (unpaired) electrons. The molecule has 2 rings (SSSR count). The molecule has 0 aromatic heterocycles. The molecule has 0 fully saturated rings. The molecule has 2 aromatic carbocycles. The number of Topliss-reactive ketones (excluding diaryl/α,β-unsaturated/α-hetero) is 1. The molecule has 2 atom stereocenters. The third kappa shape index (κ3) is 3.59. The van der Waals surface area contributed by atoms with Crippen molar-refractivity contribution in [3.05, 3.63) is 70.2 Å². The Morgan fingerprint density at radius 1 is 0.947 bits per heavy atom. The summed E-state index contributed by atoms with van der Waals surface area (Å²) < 4.78 is 0.959. The van der Waals surface area contributed by atoms with Gasteiger partial charge < -0.3 is 0 Å². The normalized spacial score (nSPS) is 13.8. The molecule has 0 heterocycles. The predicted octanol–water partition coefficient (Wildman–Crippen LogP) is 5.22. The zero-order chi connectivity index (χ0) is 13.8. The van der Waals surface area contributed by atoms with E-state index in [0.717, 1.165) is 10.0 Å². The number of halogens is 3. The van der Waals surface area contributed by atoms with E-state index in [2.05, 4.69) is 15.9 Å². The van der Waals surface area contributed by atoms with Crippen molar-refractivity contribution in [1.29, 1.82) is 0 Å². The Morgan fingerprint density at radius 2 is 1.53 bits per heavy atom. The topological polar surface area (TPSA) is 17.1 Å². The van der Waals surface area contributed by atoms with Crippen molar-refractivity contribution in [2.45, 2.75) is 10.8 Å². The molecule has 0 aliphatic rings. The van der Waals surface area contributed by atoms with Crippen molar-refractivity contribution >= 4 is 44.9 Å². The molecule has 0 unspecified atom stereocenters. The van der Waals surface area contributed by atoms with Gasteiger partial charge in [0.25, 0.3) is 0 Å². The average molecular weight is 358 g/mol. The Bertz CT molecular complexity index is 554. The van der Waals surface area contributed by atoms with Gasteiger partial charge in [-0.05, 0) is 17.7 Å². The van der Waals surface area contributed by atoms with E-state index in [4.69, 9.17) is 23.2 Å². The van der Waals surface area contributed by atoms with Crippen molar-refractivity contribution in [3.8, 4) is 0 Å². The molecule has 1 nitrogen and oxygen atoms in total. The SMILES string of the molecule is O=C(c1ccccc1)[C@H](Cl)[C@@H](Cl)c1ccc(Br)cc1. The van der Waals surface area contributed by atoms with Crippen molar-refractivity contribution in [2.24, 2.45) is 0 Å². The third-order valence-corrected chi connectivity index (χ3v) is 4.37. The first-order valence-electron chi connectivity index (χ1n) is 5.72. The summed E-state index contributed by atoms with van der Waals surface area (Å²) in [7, 11) is 0. The summed E-state index contributed by atoms with van der Waals surface area (Å²) in [5.74, 6) is -0.162. The van der Waals surface area contributed by atoms with E-state index < -0.39 is 10.8 Å². The number of carbonyl (C=O) groups excluding carboxylic acids is 1. The maximum absolute atomic E-state index is 12.2. The monoisotopic (exact) mass is 356 g/mol. The second-order valence-corrected chi connectivity index (χ2v) is 5.94. The van der Waals surface area contributed by atoms with E-state index >= 15 is 0 Å². The summed E-state index contributed by atoms with van der Waals surface area (Å²) in [6.45, 7) is 0. The number of ketones is 1. The van der Waals surface area contributed by atoms with E-state index in [9.17, 15) is 4.79 Å². The van der Waals surface area contributed by atoms with Crippen LogP contribution < -0.4 is 0 Å². The lowest BCUT2D eigenvalue weighted by Crippen LogP contribution is -2.19. The first kappa shape index (κ1) is 14.6. The average Bonchev–Trinajstić information content (AvgIpc) is 2.46. The van der Waals surface area contributed by atoms with Gasteiger partial charge in [0.2, 0.25) is 0 Å². The highest BCUT2D eigenvalue weighted by atomic mass is 79.9. The van der Waals surface area contributed by atoms with Gasteiger partial charge in [-0.15, -0.1) is 23.2 Å². The maximum Gasteiger partial charge on any atom is 0.182 e. The van der Waals surface area contributed by atoms with Gasteiger partial charge in [-0.2, -0.15) is 0 Å². The molecule has 0 aliphatic carbocycles. The number of hydrogen-bond acceptors (Lipinski definition) is 1. The molecule has 0 spiro atoms. The second-order valence-electron chi connectivity index (χ2n) is 4.09. The zero-order valence-electron chi connectivity index (χ0n) is 9.89. The summed E-state index contributed by atoms with van der Waals surface area (Å²) in [6.07, 6.45) is 0. The van der Waals surface area contributed by atoms with Crippen LogP contribution in [0.2, 0.25) is 0 Å². The van der Waals surface area contributed by atoms with Crippen LogP contribution >= 0.6 is 39.1 Å². The summed E-state index contributed by atoms with van der Waals surface area (Å²) >= 11 is 15.8. The number of hydrogen-bond donors (Lipinski definition) is 0. The standard InChI is InChI=1S/C15H11BrCl2O/c16-12-8-6-10(7-9-12)13(17)14(18)15(19)11-4-2-1-3-5-11/h1-9,13-14H/t13-,14+/m0/s1. The van der Waals surface area contributed by atoms with Gasteiger partial charge in [-0.3, -0.25) is 4.79 Å². The van der Waals surface area contributed by atoms with E-state index in [0.29, 0.717) is 5.56 Å². The molecular weight excluding hydrogens is 347 g/mol. The largest absolute Gasteiger partial charge is 0.292 e. The number of rotatable bonds is 4. The van der Waals surface area contributed by atoms with Gasteiger partial charge >= 0.3 is 0 Å². The molecule has 0 aliphatic heterocycles. The molecule has 0 saturated carbocycles. The fourth-order valence-corrected chi connectivity index (χ4v) is 2.51. The lowest BCUT2D eigenvalue weighted by molar-refractivity contribution is 0.0985. The van der Waals surface area contributed by atoms with Crippen LogP contribution in [0.3, 0.4) is 0 Å². The van der Waals surface area contributed by atoms with E-state index in [1.807, 2.05) is 30.3 Å².